The van der Waals surface area contributed by atoms with Gasteiger partial charge in [0.2, 0.25) is 0 Å². The second-order valence-corrected chi connectivity index (χ2v) is 5.13. The molecule has 0 saturated carbocycles. The molecule has 1 N–H and O–H groups in total. The molecule has 0 radical (unpaired) electrons. The van der Waals surface area contributed by atoms with Crippen LogP contribution in [-0.2, 0) is 4.79 Å². The summed E-state index contributed by atoms with van der Waals surface area (Å²) in [7, 11) is 0. The van der Waals surface area contributed by atoms with Crippen LogP contribution in [0.5, 0.6) is 0 Å². The molecule has 0 atom stereocenters. The molecule has 1 heterocycles. The SMILES string of the molecule is O=C(O)CCCCN1C(=O)c2cccc(Br)c2C1=O. The van der Waals surface area contributed by atoms with Gasteiger partial charge in [-0.2, -0.15) is 0 Å². The molecule has 0 unspecified atom stereocenters. The van der Waals surface area contributed by atoms with E-state index in [1.165, 1.54) is 4.90 Å². The molecule has 0 fully saturated rings. The molecule has 19 heavy (non-hydrogen) atoms. The first-order valence-corrected chi connectivity index (χ1v) is 6.68. The Kier molecular flexibility index (Phi) is 3.99. The van der Waals surface area contributed by atoms with Gasteiger partial charge in [-0.05, 0) is 40.9 Å². The minimum atomic E-state index is -0.870. The number of carboxylic acid groups (broad SMARTS) is 1. The first-order valence-electron chi connectivity index (χ1n) is 5.89. The predicted molar refractivity (Wildman–Crippen MR) is 71.0 cm³/mol. The zero-order chi connectivity index (χ0) is 14.0. The number of fused-ring (bicyclic) bond motifs is 1. The quantitative estimate of drug-likeness (QED) is 0.665. The van der Waals surface area contributed by atoms with Crippen LogP contribution in [0.25, 0.3) is 0 Å². The molecule has 1 aromatic rings. The Labute approximate surface area is 118 Å². The van der Waals surface area contributed by atoms with Gasteiger partial charge in [-0.25, -0.2) is 0 Å². The van der Waals surface area contributed by atoms with Crippen LogP contribution in [-0.4, -0.2) is 34.3 Å². The zero-order valence-corrected chi connectivity index (χ0v) is 11.6. The van der Waals surface area contributed by atoms with E-state index in [4.69, 9.17) is 5.11 Å². The highest BCUT2D eigenvalue weighted by Gasteiger charge is 2.36. The van der Waals surface area contributed by atoms with Gasteiger partial charge in [0.25, 0.3) is 11.8 Å². The van der Waals surface area contributed by atoms with Crippen LogP contribution < -0.4 is 0 Å². The van der Waals surface area contributed by atoms with Crippen LogP contribution in [0.15, 0.2) is 22.7 Å². The highest BCUT2D eigenvalue weighted by Crippen LogP contribution is 2.29. The van der Waals surface area contributed by atoms with Crippen molar-refractivity contribution in [2.24, 2.45) is 0 Å². The fourth-order valence-electron chi connectivity index (χ4n) is 2.04. The molecule has 6 heteroatoms. The van der Waals surface area contributed by atoms with Crippen LogP contribution >= 0.6 is 15.9 Å². The van der Waals surface area contributed by atoms with Crippen LogP contribution in [0.1, 0.15) is 40.0 Å². The van der Waals surface area contributed by atoms with Gasteiger partial charge in [0.15, 0.2) is 0 Å². The molecular weight excluding hydrogens is 314 g/mol. The van der Waals surface area contributed by atoms with E-state index < -0.39 is 5.97 Å². The van der Waals surface area contributed by atoms with Crippen molar-refractivity contribution in [1.82, 2.24) is 4.90 Å². The summed E-state index contributed by atoms with van der Waals surface area (Å²) in [6, 6.07) is 5.05. The van der Waals surface area contributed by atoms with E-state index in [1.54, 1.807) is 18.2 Å². The lowest BCUT2D eigenvalue weighted by molar-refractivity contribution is -0.137. The molecule has 2 amide bonds. The summed E-state index contributed by atoms with van der Waals surface area (Å²) in [6.07, 6.45) is 0.992. The number of aliphatic carboxylic acids is 1. The molecule has 5 nitrogen and oxygen atoms in total. The summed E-state index contributed by atoms with van der Waals surface area (Å²) in [6.45, 7) is 0.256. The van der Waals surface area contributed by atoms with Gasteiger partial charge in [-0.3, -0.25) is 19.3 Å². The number of carbonyl (C=O) groups excluding carboxylic acids is 2. The van der Waals surface area contributed by atoms with Gasteiger partial charge in [-0.15, -0.1) is 0 Å². The standard InChI is InChI=1S/C13H12BrNO4/c14-9-5-3-4-8-11(9)13(19)15(12(8)18)7-2-1-6-10(16)17/h3-5H,1-2,6-7H2,(H,16,17). The number of hydrogen-bond acceptors (Lipinski definition) is 3. The van der Waals surface area contributed by atoms with Crippen molar-refractivity contribution in [3.63, 3.8) is 0 Å². The first kappa shape index (κ1) is 13.7. The molecule has 100 valence electrons. The van der Waals surface area contributed by atoms with Crippen molar-refractivity contribution in [2.75, 3.05) is 6.54 Å². The van der Waals surface area contributed by atoms with E-state index in [-0.39, 0.29) is 24.8 Å². The average Bonchev–Trinajstić information content (AvgIpc) is 2.59. The minimum Gasteiger partial charge on any atom is -0.481 e. The van der Waals surface area contributed by atoms with Crippen molar-refractivity contribution >= 4 is 33.7 Å². The topological polar surface area (TPSA) is 74.7 Å². The summed E-state index contributed by atoms with van der Waals surface area (Å²) in [4.78, 5) is 35.7. The van der Waals surface area contributed by atoms with E-state index in [0.717, 1.165) is 0 Å². The van der Waals surface area contributed by atoms with Crippen molar-refractivity contribution in [1.29, 1.82) is 0 Å². The second-order valence-electron chi connectivity index (χ2n) is 4.28. The third kappa shape index (κ3) is 2.68. The van der Waals surface area contributed by atoms with Gasteiger partial charge >= 0.3 is 5.97 Å². The average molecular weight is 326 g/mol. The Morgan fingerprint density at radius 2 is 1.95 bits per heavy atom. The Balaban J connectivity index is 2.06. The zero-order valence-electron chi connectivity index (χ0n) is 10.1. The Bertz CT molecular complexity index is 556. The number of nitrogens with zero attached hydrogens (tertiary/aromatic N) is 1. The van der Waals surface area contributed by atoms with Crippen molar-refractivity contribution in [3.8, 4) is 0 Å². The van der Waals surface area contributed by atoms with E-state index in [9.17, 15) is 14.4 Å². The van der Waals surface area contributed by atoms with Gasteiger partial charge in [0.05, 0.1) is 11.1 Å². The lowest BCUT2D eigenvalue weighted by Gasteiger charge is -2.12. The Morgan fingerprint density at radius 1 is 1.21 bits per heavy atom. The molecule has 0 spiro atoms. The van der Waals surface area contributed by atoms with Crippen LogP contribution in [0, 0.1) is 0 Å². The third-order valence-corrected chi connectivity index (χ3v) is 3.63. The smallest absolute Gasteiger partial charge is 0.303 e. The van der Waals surface area contributed by atoms with Gasteiger partial charge in [0, 0.05) is 17.4 Å². The first-order chi connectivity index (χ1) is 9.02. The summed E-state index contributed by atoms with van der Waals surface area (Å²) >= 11 is 3.27. The highest BCUT2D eigenvalue weighted by atomic mass is 79.9. The molecular formula is C13H12BrNO4. The monoisotopic (exact) mass is 325 g/mol. The summed E-state index contributed by atoms with van der Waals surface area (Å²) in [5, 5.41) is 8.53. The molecule has 0 aromatic heterocycles. The van der Waals surface area contributed by atoms with Gasteiger partial charge < -0.3 is 5.11 Å². The van der Waals surface area contributed by atoms with Gasteiger partial charge in [0.1, 0.15) is 0 Å². The lowest BCUT2D eigenvalue weighted by atomic mass is 10.1. The normalized spacial score (nSPS) is 13.8. The molecule has 1 aliphatic rings. The highest BCUT2D eigenvalue weighted by molar-refractivity contribution is 9.10. The second kappa shape index (κ2) is 5.52. The maximum Gasteiger partial charge on any atom is 0.303 e. The van der Waals surface area contributed by atoms with E-state index in [1.807, 2.05) is 0 Å². The summed E-state index contributed by atoms with van der Waals surface area (Å²) in [5.41, 5.74) is 0.795. The minimum absolute atomic E-state index is 0.0485. The lowest BCUT2D eigenvalue weighted by Crippen LogP contribution is -2.30. The molecule has 0 saturated heterocycles. The maximum atomic E-state index is 12.1. The predicted octanol–water partition coefficient (Wildman–Crippen LogP) is 2.30. The fourth-order valence-corrected chi connectivity index (χ4v) is 2.58. The largest absolute Gasteiger partial charge is 0.481 e. The molecule has 0 aliphatic carbocycles. The number of unbranched alkanes of at least 4 members (excludes halogenated alkanes) is 1. The van der Waals surface area contributed by atoms with Crippen molar-refractivity contribution in [3.05, 3.63) is 33.8 Å². The van der Waals surface area contributed by atoms with E-state index in [0.29, 0.717) is 28.4 Å². The van der Waals surface area contributed by atoms with Crippen molar-refractivity contribution < 1.29 is 19.5 Å². The fraction of sp³-hybridized carbons (Fsp3) is 0.308. The Hall–Kier alpha value is -1.69. The summed E-state index contributed by atoms with van der Waals surface area (Å²) < 4.78 is 0.608. The number of amides is 2. The molecule has 1 aromatic carbocycles. The van der Waals surface area contributed by atoms with E-state index in [2.05, 4.69) is 15.9 Å². The number of benzene rings is 1. The number of carbonyl (C=O) groups is 3. The third-order valence-electron chi connectivity index (χ3n) is 2.97. The molecule has 0 bridgehead atoms. The number of imide groups is 1. The summed E-state index contributed by atoms with van der Waals surface area (Å²) in [5.74, 6) is -1.50. The maximum absolute atomic E-state index is 12.1. The Morgan fingerprint density at radius 3 is 2.58 bits per heavy atom. The number of hydrogen-bond donors (Lipinski definition) is 1. The van der Waals surface area contributed by atoms with Crippen LogP contribution in [0.3, 0.4) is 0 Å². The molecule has 1 aliphatic heterocycles. The van der Waals surface area contributed by atoms with Gasteiger partial charge in [-0.1, -0.05) is 6.07 Å². The number of halogens is 1. The van der Waals surface area contributed by atoms with Crippen LogP contribution in [0.4, 0.5) is 0 Å². The van der Waals surface area contributed by atoms with Crippen molar-refractivity contribution in [2.45, 2.75) is 19.3 Å². The van der Waals surface area contributed by atoms with Crippen LogP contribution in [0.2, 0.25) is 0 Å². The number of carboxylic acids is 1. The number of rotatable bonds is 5. The molecule has 2 rings (SSSR count). The van der Waals surface area contributed by atoms with E-state index >= 15 is 0 Å².